The van der Waals surface area contributed by atoms with Gasteiger partial charge >= 0.3 is 0 Å². The molecule has 0 spiro atoms. The Labute approximate surface area is 158 Å². The first kappa shape index (κ1) is 20.9. The van der Waals surface area contributed by atoms with Crippen LogP contribution in [0.15, 0.2) is 24.3 Å². The summed E-state index contributed by atoms with van der Waals surface area (Å²) in [7, 11) is 1.05. The summed E-state index contributed by atoms with van der Waals surface area (Å²) in [6.45, 7) is 3.49. The molecular weight excluding hydrogens is 346 g/mol. The lowest BCUT2D eigenvalue weighted by molar-refractivity contribution is -0.124. The summed E-state index contributed by atoms with van der Waals surface area (Å²) in [6, 6.07) is 8.35. The first-order valence-corrected chi connectivity index (χ1v) is 11.4. The average Bonchev–Trinajstić information content (AvgIpc) is 2.60. The van der Waals surface area contributed by atoms with E-state index in [1.165, 1.54) is 5.56 Å². The molecule has 146 valence electrons. The first-order chi connectivity index (χ1) is 12.2. The molecule has 1 aliphatic carbocycles. The molecule has 0 radical (unpaired) electrons. The Bertz CT molecular complexity index is 684. The molecule has 0 saturated heterocycles. The molecule has 1 aromatic carbocycles. The van der Waals surface area contributed by atoms with Crippen molar-refractivity contribution in [3.63, 3.8) is 0 Å². The lowest BCUT2D eigenvalue weighted by Crippen LogP contribution is -2.28. The van der Waals surface area contributed by atoms with Crippen molar-refractivity contribution in [3.8, 4) is 0 Å². The number of ketones is 1. The Kier molecular flexibility index (Phi) is 7.27. The SMILES string of the molecule is CC(C)S(=O)(=O)CC1CCC(C(=O)CCc2ccc(N(C)C)cc2)CC1. The predicted molar refractivity (Wildman–Crippen MR) is 108 cm³/mol. The number of sulfone groups is 1. The lowest BCUT2D eigenvalue weighted by atomic mass is 9.79. The van der Waals surface area contributed by atoms with E-state index >= 15 is 0 Å². The highest BCUT2D eigenvalue weighted by molar-refractivity contribution is 7.91. The molecule has 4 nitrogen and oxygen atoms in total. The van der Waals surface area contributed by atoms with Crippen LogP contribution in [0.3, 0.4) is 0 Å². The Morgan fingerprint density at radius 2 is 1.65 bits per heavy atom. The van der Waals surface area contributed by atoms with Gasteiger partial charge in [0.15, 0.2) is 9.84 Å². The van der Waals surface area contributed by atoms with Gasteiger partial charge in [-0.15, -0.1) is 0 Å². The van der Waals surface area contributed by atoms with E-state index in [-0.39, 0.29) is 22.8 Å². The fraction of sp³-hybridized carbons (Fsp3) is 0.667. The average molecular weight is 380 g/mol. The van der Waals surface area contributed by atoms with Gasteiger partial charge in [0, 0.05) is 32.1 Å². The summed E-state index contributed by atoms with van der Waals surface area (Å²) >= 11 is 0. The van der Waals surface area contributed by atoms with Crippen LogP contribution in [0.25, 0.3) is 0 Å². The van der Waals surface area contributed by atoms with E-state index in [0.29, 0.717) is 12.2 Å². The summed E-state index contributed by atoms with van der Waals surface area (Å²) in [5.41, 5.74) is 2.36. The number of rotatable bonds is 8. The van der Waals surface area contributed by atoms with Crippen molar-refractivity contribution in [1.82, 2.24) is 0 Å². The number of hydrogen-bond acceptors (Lipinski definition) is 4. The van der Waals surface area contributed by atoms with E-state index in [1.807, 2.05) is 14.1 Å². The van der Waals surface area contributed by atoms with Gasteiger partial charge in [-0.2, -0.15) is 0 Å². The highest BCUT2D eigenvalue weighted by atomic mass is 32.2. The number of benzene rings is 1. The van der Waals surface area contributed by atoms with Crippen LogP contribution >= 0.6 is 0 Å². The zero-order valence-corrected chi connectivity index (χ0v) is 17.4. The van der Waals surface area contributed by atoms with Gasteiger partial charge in [-0.3, -0.25) is 4.79 Å². The van der Waals surface area contributed by atoms with E-state index in [0.717, 1.165) is 37.8 Å². The molecule has 1 saturated carbocycles. The fourth-order valence-corrected chi connectivity index (χ4v) is 4.98. The second-order valence-electron chi connectivity index (χ2n) is 8.12. The number of carbonyl (C=O) groups excluding carboxylic acids is 1. The molecule has 1 fully saturated rings. The molecule has 2 rings (SSSR count). The number of carbonyl (C=O) groups is 1. The molecule has 0 heterocycles. The van der Waals surface area contributed by atoms with Crippen LogP contribution in [-0.2, 0) is 21.1 Å². The smallest absolute Gasteiger partial charge is 0.152 e. The van der Waals surface area contributed by atoms with Gasteiger partial charge in [0.05, 0.1) is 11.0 Å². The third kappa shape index (κ3) is 5.83. The number of hydrogen-bond donors (Lipinski definition) is 0. The third-order valence-corrected chi connectivity index (χ3v) is 7.97. The number of nitrogens with zero attached hydrogens (tertiary/aromatic N) is 1. The van der Waals surface area contributed by atoms with Gasteiger partial charge in [-0.05, 0) is 69.6 Å². The predicted octanol–water partition coefficient (Wildman–Crippen LogP) is 3.88. The number of Topliss-reactive ketones (excluding diaryl/α,β-unsaturated/α-hetero) is 1. The van der Waals surface area contributed by atoms with E-state index in [4.69, 9.17) is 0 Å². The second kappa shape index (κ2) is 9.03. The van der Waals surface area contributed by atoms with Gasteiger partial charge in [-0.25, -0.2) is 8.42 Å². The maximum atomic E-state index is 12.5. The summed E-state index contributed by atoms with van der Waals surface area (Å²) in [5.74, 6) is 0.968. The van der Waals surface area contributed by atoms with Crippen LogP contribution in [0.2, 0.25) is 0 Å². The van der Waals surface area contributed by atoms with Crippen molar-refractivity contribution in [3.05, 3.63) is 29.8 Å². The summed E-state index contributed by atoms with van der Waals surface area (Å²) < 4.78 is 24.1. The van der Waals surface area contributed by atoms with Crippen molar-refractivity contribution in [1.29, 1.82) is 0 Å². The largest absolute Gasteiger partial charge is 0.378 e. The molecule has 26 heavy (non-hydrogen) atoms. The quantitative estimate of drug-likeness (QED) is 0.688. The Balaban J connectivity index is 1.78. The van der Waals surface area contributed by atoms with Crippen LogP contribution in [-0.4, -0.2) is 39.3 Å². The monoisotopic (exact) mass is 379 g/mol. The first-order valence-electron chi connectivity index (χ1n) is 9.69. The topological polar surface area (TPSA) is 54.5 Å². The van der Waals surface area contributed by atoms with Gasteiger partial charge in [0.2, 0.25) is 0 Å². The Morgan fingerprint density at radius 1 is 1.08 bits per heavy atom. The zero-order chi connectivity index (χ0) is 19.3. The van der Waals surface area contributed by atoms with E-state index in [2.05, 4.69) is 29.2 Å². The van der Waals surface area contributed by atoms with Crippen molar-refractivity contribution < 1.29 is 13.2 Å². The summed E-state index contributed by atoms with van der Waals surface area (Å²) in [4.78, 5) is 14.6. The van der Waals surface area contributed by atoms with Crippen LogP contribution < -0.4 is 4.90 Å². The van der Waals surface area contributed by atoms with Crippen molar-refractivity contribution >= 4 is 21.3 Å². The van der Waals surface area contributed by atoms with E-state index in [1.54, 1.807) is 13.8 Å². The van der Waals surface area contributed by atoms with Crippen LogP contribution in [0.4, 0.5) is 5.69 Å². The van der Waals surface area contributed by atoms with Crippen LogP contribution in [0.5, 0.6) is 0 Å². The van der Waals surface area contributed by atoms with Gasteiger partial charge < -0.3 is 4.90 Å². The highest BCUT2D eigenvalue weighted by Crippen LogP contribution is 2.31. The molecule has 0 amide bonds. The van der Waals surface area contributed by atoms with Gasteiger partial charge in [-0.1, -0.05) is 12.1 Å². The van der Waals surface area contributed by atoms with Crippen molar-refractivity contribution in [2.45, 2.75) is 57.6 Å². The third-order valence-electron chi connectivity index (χ3n) is 5.60. The number of aryl methyl sites for hydroxylation is 1. The molecule has 0 N–H and O–H groups in total. The van der Waals surface area contributed by atoms with E-state index in [9.17, 15) is 13.2 Å². The molecule has 0 atom stereocenters. The fourth-order valence-electron chi connectivity index (χ4n) is 3.60. The molecular formula is C21H33NO3S. The summed E-state index contributed by atoms with van der Waals surface area (Å²) in [5, 5.41) is -0.305. The minimum absolute atomic E-state index is 0.119. The Morgan fingerprint density at radius 3 is 2.15 bits per heavy atom. The maximum Gasteiger partial charge on any atom is 0.152 e. The van der Waals surface area contributed by atoms with Crippen molar-refractivity contribution in [2.24, 2.45) is 11.8 Å². The molecule has 0 unspecified atom stereocenters. The van der Waals surface area contributed by atoms with Gasteiger partial charge in [0.25, 0.3) is 0 Å². The summed E-state index contributed by atoms with van der Waals surface area (Å²) in [6.07, 6.45) is 4.78. The maximum absolute atomic E-state index is 12.5. The van der Waals surface area contributed by atoms with Gasteiger partial charge in [0.1, 0.15) is 5.78 Å². The van der Waals surface area contributed by atoms with E-state index < -0.39 is 9.84 Å². The minimum atomic E-state index is -2.98. The molecule has 5 heteroatoms. The standard InChI is InChI=1S/C21H33NO3S/c1-16(2)26(24,25)15-18-5-10-19(11-6-18)21(23)14-9-17-7-12-20(13-8-17)22(3)4/h7-8,12-13,16,18-19H,5-6,9-11,14-15H2,1-4H3. The second-order valence-corrected chi connectivity index (χ2v) is 10.7. The van der Waals surface area contributed by atoms with Crippen molar-refractivity contribution in [2.75, 3.05) is 24.7 Å². The molecule has 1 aliphatic rings. The highest BCUT2D eigenvalue weighted by Gasteiger charge is 2.29. The number of anilines is 1. The molecule has 1 aromatic rings. The lowest BCUT2D eigenvalue weighted by Gasteiger charge is -2.28. The molecule has 0 aliphatic heterocycles. The molecule has 0 aromatic heterocycles. The Hall–Kier alpha value is -1.36. The minimum Gasteiger partial charge on any atom is -0.378 e. The van der Waals surface area contributed by atoms with Crippen LogP contribution in [0.1, 0.15) is 51.5 Å². The van der Waals surface area contributed by atoms with Crippen LogP contribution in [0, 0.1) is 11.8 Å². The molecule has 0 bridgehead atoms. The normalized spacial score (nSPS) is 21.0. The zero-order valence-electron chi connectivity index (χ0n) is 16.6.